The highest BCUT2D eigenvalue weighted by molar-refractivity contribution is 7.92. The van der Waals surface area contributed by atoms with Crippen molar-refractivity contribution in [3.8, 4) is 0 Å². The Morgan fingerprint density at radius 2 is 1.79 bits per heavy atom. The van der Waals surface area contributed by atoms with Crippen LogP contribution in [0.4, 0.5) is 5.69 Å². The van der Waals surface area contributed by atoms with Gasteiger partial charge in [0, 0.05) is 31.1 Å². The first kappa shape index (κ1) is 27.7. The van der Waals surface area contributed by atoms with Gasteiger partial charge in [-0.15, -0.1) is 0 Å². The Morgan fingerprint density at radius 1 is 1.12 bits per heavy atom. The molecule has 0 saturated carbocycles. The number of sulfonamides is 1. The predicted octanol–water partition coefficient (Wildman–Crippen LogP) is 4.06. The molecule has 2 rings (SSSR count). The van der Waals surface area contributed by atoms with Gasteiger partial charge in [-0.3, -0.25) is 13.9 Å². The number of aryl methyl sites for hydroxylation is 2. The number of likely N-dealkylation sites (N-methyl/N-ethyl adjacent to an activating group) is 1. The molecule has 2 amide bonds. The molecule has 0 aliphatic heterocycles. The van der Waals surface area contributed by atoms with Crippen LogP contribution in [0.15, 0.2) is 42.5 Å². The lowest BCUT2D eigenvalue weighted by Gasteiger charge is -2.30. The van der Waals surface area contributed by atoms with Crippen LogP contribution < -0.4 is 9.62 Å². The molecule has 0 aliphatic carbocycles. The summed E-state index contributed by atoms with van der Waals surface area (Å²) in [6.07, 6.45) is 1.56. The minimum Gasteiger partial charge on any atom is -0.355 e. The molecule has 9 heteroatoms. The predicted molar refractivity (Wildman–Crippen MR) is 137 cm³/mol. The summed E-state index contributed by atoms with van der Waals surface area (Å²) in [5.74, 6) is -0.496. The van der Waals surface area contributed by atoms with Crippen molar-refractivity contribution in [2.45, 2.75) is 53.1 Å². The van der Waals surface area contributed by atoms with Crippen LogP contribution in [0.2, 0.25) is 5.02 Å². The van der Waals surface area contributed by atoms with Crippen molar-refractivity contribution in [2.75, 3.05) is 23.7 Å². The fourth-order valence-electron chi connectivity index (χ4n) is 3.69. The second kappa shape index (κ2) is 12.2. The smallest absolute Gasteiger partial charge is 0.242 e. The van der Waals surface area contributed by atoms with Gasteiger partial charge in [0.05, 0.1) is 11.9 Å². The van der Waals surface area contributed by atoms with E-state index in [4.69, 9.17) is 11.6 Å². The molecular formula is C25H34ClN3O4S. The van der Waals surface area contributed by atoms with E-state index < -0.39 is 16.1 Å². The van der Waals surface area contributed by atoms with Crippen molar-refractivity contribution in [1.82, 2.24) is 10.2 Å². The van der Waals surface area contributed by atoms with Gasteiger partial charge < -0.3 is 10.2 Å². The molecule has 0 aliphatic rings. The maximum Gasteiger partial charge on any atom is 0.242 e. The largest absolute Gasteiger partial charge is 0.355 e. The molecule has 2 aromatic rings. The second-order valence-corrected chi connectivity index (χ2v) is 10.7. The number of carbonyl (C=O) groups is 2. The third kappa shape index (κ3) is 7.46. The van der Waals surface area contributed by atoms with Crippen LogP contribution in [0, 0.1) is 13.8 Å². The van der Waals surface area contributed by atoms with Crippen LogP contribution in [0.1, 0.15) is 43.4 Å². The number of rotatable bonds is 11. The number of nitrogens with zero attached hydrogens (tertiary/aromatic N) is 2. The molecule has 0 aromatic heterocycles. The minimum absolute atomic E-state index is 0.0884. The van der Waals surface area contributed by atoms with Crippen molar-refractivity contribution in [3.05, 3.63) is 64.2 Å². The topological polar surface area (TPSA) is 86.8 Å². The van der Waals surface area contributed by atoms with E-state index in [2.05, 4.69) is 5.32 Å². The normalized spacial score (nSPS) is 12.2. The van der Waals surface area contributed by atoms with E-state index in [9.17, 15) is 18.0 Å². The fourth-order valence-corrected chi connectivity index (χ4v) is 4.90. The number of hydrogen-bond donors (Lipinski definition) is 1. The lowest BCUT2D eigenvalue weighted by molar-refractivity contribution is -0.140. The molecule has 2 aromatic carbocycles. The lowest BCUT2D eigenvalue weighted by atomic mass is 10.1. The van der Waals surface area contributed by atoms with Gasteiger partial charge in [-0.25, -0.2) is 8.42 Å². The average molecular weight is 508 g/mol. The Labute approximate surface area is 208 Å². The first-order chi connectivity index (χ1) is 16.0. The first-order valence-electron chi connectivity index (χ1n) is 11.3. The molecule has 7 nitrogen and oxygen atoms in total. The summed E-state index contributed by atoms with van der Waals surface area (Å²) in [6, 6.07) is 12.1. The van der Waals surface area contributed by atoms with Gasteiger partial charge in [0.15, 0.2) is 0 Å². The number of carbonyl (C=O) groups excluding carboxylic acids is 2. The van der Waals surface area contributed by atoms with E-state index in [-0.39, 0.29) is 31.3 Å². The summed E-state index contributed by atoms with van der Waals surface area (Å²) in [7, 11) is -3.54. The molecule has 1 N–H and O–H groups in total. The Balaban J connectivity index is 2.20. The summed E-state index contributed by atoms with van der Waals surface area (Å²) < 4.78 is 26.4. The van der Waals surface area contributed by atoms with Crippen molar-refractivity contribution in [3.63, 3.8) is 0 Å². The molecule has 34 heavy (non-hydrogen) atoms. The van der Waals surface area contributed by atoms with Crippen LogP contribution in [-0.4, -0.2) is 50.5 Å². The number of halogens is 1. The zero-order valence-corrected chi connectivity index (χ0v) is 22.0. The number of anilines is 1. The van der Waals surface area contributed by atoms with Crippen LogP contribution in [0.5, 0.6) is 0 Å². The number of hydrogen-bond acceptors (Lipinski definition) is 4. The fraction of sp³-hybridized carbons (Fsp3) is 0.440. The monoisotopic (exact) mass is 507 g/mol. The van der Waals surface area contributed by atoms with E-state index in [1.165, 1.54) is 9.21 Å². The van der Waals surface area contributed by atoms with Gasteiger partial charge >= 0.3 is 0 Å². The number of amides is 2. The van der Waals surface area contributed by atoms with Crippen molar-refractivity contribution >= 4 is 39.1 Å². The maximum atomic E-state index is 13.2. The molecule has 0 fully saturated rings. The van der Waals surface area contributed by atoms with E-state index in [1.54, 1.807) is 19.1 Å². The summed E-state index contributed by atoms with van der Waals surface area (Å²) in [5.41, 5.74) is 3.14. The molecule has 1 atom stereocenters. The van der Waals surface area contributed by atoms with Crippen LogP contribution in [0.25, 0.3) is 0 Å². The minimum atomic E-state index is -3.54. The summed E-state index contributed by atoms with van der Waals surface area (Å²) in [5, 5.41) is 3.27. The second-order valence-electron chi connectivity index (χ2n) is 8.41. The van der Waals surface area contributed by atoms with Gasteiger partial charge in [-0.05, 0) is 62.9 Å². The van der Waals surface area contributed by atoms with Gasteiger partial charge in [0.2, 0.25) is 21.8 Å². The summed E-state index contributed by atoms with van der Waals surface area (Å²) in [4.78, 5) is 27.2. The Kier molecular flexibility index (Phi) is 9.94. The highest BCUT2D eigenvalue weighted by Crippen LogP contribution is 2.25. The average Bonchev–Trinajstić information content (AvgIpc) is 2.76. The van der Waals surface area contributed by atoms with Crippen LogP contribution in [-0.2, 0) is 26.2 Å². The third-order valence-electron chi connectivity index (χ3n) is 5.60. The van der Waals surface area contributed by atoms with Crippen molar-refractivity contribution in [1.29, 1.82) is 0 Å². The molecule has 0 saturated heterocycles. The van der Waals surface area contributed by atoms with E-state index in [1.807, 2.05) is 51.1 Å². The lowest BCUT2D eigenvalue weighted by Crippen LogP contribution is -2.47. The van der Waals surface area contributed by atoms with Gasteiger partial charge in [0.25, 0.3) is 0 Å². The molecule has 0 spiro atoms. The van der Waals surface area contributed by atoms with Crippen LogP contribution in [0.3, 0.4) is 0 Å². The molecule has 0 heterocycles. The maximum absolute atomic E-state index is 13.2. The molecule has 0 radical (unpaired) electrons. The van der Waals surface area contributed by atoms with Crippen molar-refractivity contribution < 1.29 is 18.0 Å². The number of nitrogens with one attached hydrogen (secondary N) is 1. The summed E-state index contributed by atoms with van der Waals surface area (Å²) >= 11 is 6.30. The highest BCUT2D eigenvalue weighted by atomic mass is 35.5. The van der Waals surface area contributed by atoms with Crippen molar-refractivity contribution in [2.24, 2.45) is 0 Å². The quantitative estimate of drug-likeness (QED) is 0.497. The third-order valence-corrected chi connectivity index (χ3v) is 7.15. The molecule has 0 unspecified atom stereocenters. The van der Waals surface area contributed by atoms with E-state index in [0.29, 0.717) is 23.7 Å². The van der Waals surface area contributed by atoms with E-state index in [0.717, 1.165) is 22.9 Å². The number of benzene rings is 2. The van der Waals surface area contributed by atoms with E-state index >= 15 is 0 Å². The zero-order valence-electron chi connectivity index (χ0n) is 20.5. The summed E-state index contributed by atoms with van der Waals surface area (Å²) in [6.45, 7) is 8.06. The molecule has 186 valence electrons. The first-order valence-corrected chi connectivity index (χ1v) is 13.5. The Bertz CT molecular complexity index is 1120. The van der Waals surface area contributed by atoms with Crippen LogP contribution >= 0.6 is 11.6 Å². The standard InChI is InChI=1S/C25H34ClN3O4S/c1-6-27-25(31)20(4)28(17-21-10-7-8-11-22(21)26)24(30)12-9-15-29(34(5,32)33)23-16-18(2)13-14-19(23)3/h7-8,10-11,13-14,16,20H,6,9,12,15,17H2,1-5H3,(H,27,31)/t20-/m1/s1. The Hall–Kier alpha value is -2.58. The molecular weight excluding hydrogens is 474 g/mol. The molecule has 0 bridgehead atoms. The highest BCUT2D eigenvalue weighted by Gasteiger charge is 2.27. The zero-order chi connectivity index (χ0) is 25.5. The van der Waals surface area contributed by atoms with Gasteiger partial charge in [-0.1, -0.05) is 41.9 Å². The van der Waals surface area contributed by atoms with Gasteiger partial charge in [-0.2, -0.15) is 0 Å². The Morgan fingerprint density at radius 3 is 2.41 bits per heavy atom. The SMILES string of the molecule is CCNC(=O)[C@@H](C)N(Cc1ccccc1Cl)C(=O)CCCN(c1cc(C)ccc1C)S(C)(=O)=O. The van der Waals surface area contributed by atoms with Gasteiger partial charge in [0.1, 0.15) is 6.04 Å².